The van der Waals surface area contributed by atoms with E-state index in [-0.39, 0.29) is 12.0 Å². The second-order valence-electron chi connectivity index (χ2n) is 5.76. The molecule has 0 bridgehead atoms. The summed E-state index contributed by atoms with van der Waals surface area (Å²) in [6.45, 7) is 3.79. The van der Waals surface area contributed by atoms with Gasteiger partial charge in [-0.15, -0.1) is 0 Å². The van der Waals surface area contributed by atoms with Gasteiger partial charge in [0.1, 0.15) is 0 Å². The molecule has 1 aliphatic carbocycles. The predicted octanol–water partition coefficient (Wildman–Crippen LogP) is 3.60. The third-order valence-electron chi connectivity index (χ3n) is 4.35. The standard InChI is InChI=1S/C15H22F2N2/c1-9-3-6-11(7-4-9)15(19-18)12-8-5-10(2)13(16)14(12)17/h5,8-9,11,15,19H,3-4,6-7,18H2,1-2H3. The van der Waals surface area contributed by atoms with E-state index in [4.69, 9.17) is 5.84 Å². The van der Waals surface area contributed by atoms with E-state index in [1.807, 2.05) is 0 Å². The molecule has 2 nitrogen and oxygen atoms in total. The van der Waals surface area contributed by atoms with Gasteiger partial charge in [-0.2, -0.15) is 0 Å². The Kier molecular flexibility index (Phi) is 4.53. The fraction of sp³-hybridized carbons (Fsp3) is 0.600. The lowest BCUT2D eigenvalue weighted by Crippen LogP contribution is -2.36. The molecule has 0 aromatic heterocycles. The SMILES string of the molecule is Cc1ccc(C(NN)C2CCC(C)CC2)c(F)c1F. The zero-order valence-corrected chi connectivity index (χ0v) is 11.5. The van der Waals surface area contributed by atoms with Crippen LogP contribution < -0.4 is 11.3 Å². The summed E-state index contributed by atoms with van der Waals surface area (Å²) in [6.07, 6.45) is 4.26. The Morgan fingerprint density at radius 3 is 2.37 bits per heavy atom. The first-order valence-corrected chi connectivity index (χ1v) is 6.95. The maximum absolute atomic E-state index is 14.1. The van der Waals surface area contributed by atoms with E-state index in [1.165, 1.54) is 0 Å². The number of halogens is 2. The van der Waals surface area contributed by atoms with Crippen LogP contribution in [0.25, 0.3) is 0 Å². The number of hydrogen-bond acceptors (Lipinski definition) is 2. The second-order valence-corrected chi connectivity index (χ2v) is 5.76. The second kappa shape index (κ2) is 5.97. The monoisotopic (exact) mass is 268 g/mol. The first-order chi connectivity index (χ1) is 9.04. The van der Waals surface area contributed by atoms with E-state index in [0.29, 0.717) is 17.0 Å². The minimum absolute atomic E-state index is 0.276. The summed E-state index contributed by atoms with van der Waals surface area (Å²) in [5.74, 6) is 5.06. The minimum Gasteiger partial charge on any atom is -0.271 e. The van der Waals surface area contributed by atoms with Crippen LogP contribution in [-0.2, 0) is 0 Å². The van der Waals surface area contributed by atoms with E-state index in [1.54, 1.807) is 19.1 Å². The van der Waals surface area contributed by atoms with Crippen molar-refractivity contribution < 1.29 is 8.78 Å². The van der Waals surface area contributed by atoms with Crippen molar-refractivity contribution in [2.75, 3.05) is 0 Å². The Bertz CT molecular complexity index is 440. The largest absolute Gasteiger partial charge is 0.271 e. The average Bonchev–Trinajstić information content (AvgIpc) is 2.41. The number of nitrogens with one attached hydrogen (secondary N) is 1. The lowest BCUT2D eigenvalue weighted by molar-refractivity contribution is 0.228. The van der Waals surface area contributed by atoms with Crippen LogP contribution in [0, 0.1) is 30.4 Å². The van der Waals surface area contributed by atoms with Crippen LogP contribution in [0.2, 0.25) is 0 Å². The fourth-order valence-electron chi connectivity index (χ4n) is 3.00. The zero-order chi connectivity index (χ0) is 14.0. The topological polar surface area (TPSA) is 38.0 Å². The van der Waals surface area contributed by atoms with Gasteiger partial charge in [0, 0.05) is 5.56 Å². The van der Waals surface area contributed by atoms with Crippen molar-refractivity contribution in [2.24, 2.45) is 17.7 Å². The van der Waals surface area contributed by atoms with Crippen molar-refractivity contribution in [2.45, 2.75) is 45.6 Å². The molecule has 1 aliphatic rings. The fourth-order valence-corrected chi connectivity index (χ4v) is 3.00. The lowest BCUT2D eigenvalue weighted by Gasteiger charge is -2.32. The van der Waals surface area contributed by atoms with Crippen LogP contribution in [0.5, 0.6) is 0 Å². The summed E-state index contributed by atoms with van der Waals surface area (Å²) >= 11 is 0. The van der Waals surface area contributed by atoms with Crippen LogP contribution >= 0.6 is 0 Å². The molecule has 0 radical (unpaired) electrons. The third kappa shape index (κ3) is 2.95. The Balaban J connectivity index is 2.25. The number of hydrogen-bond donors (Lipinski definition) is 2. The summed E-state index contributed by atoms with van der Waals surface area (Å²) in [7, 11) is 0. The van der Waals surface area contributed by atoms with Gasteiger partial charge >= 0.3 is 0 Å². The molecule has 0 saturated heterocycles. The van der Waals surface area contributed by atoms with Crippen molar-refractivity contribution >= 4 is 0 Å². The van der Waals surface area contributed by atoms with Gasteiger partial charge in [0.05, 0.1) is 6.04 Å². The molecule has 0 heterocycles. The molecule has 0 amide bonds. The van der Waals surface area contributed by atoms with Gasteiger partial charge in [-0.1, -0.05) is 31.9 Å². The molecule has 19 heavy (non-hydrogen) atoms. The quantitative estimate of drug-likeness (QED) is 0.649. The number of hydrazine groups is 1. The highest BCUT2D eigenvalue weighted by molar-refractivity contribution is 5.28. The Morgan fingerprint density at radius 2 is 1.79 bits per heavy atom. The molecule has 0 aliphatic heterocycles. The Hall–Kier alpha value is -1.00. The van der Waals surface area contributed by atoms with Gasteiger partial charge in [0.15, 0.2) is 11.6 Å². The summed E-state index contributed by atoms with van der Waals surface area (Å²) in [5, 5.41) is 0. The van der Waals surface area contributed by atoms with Gasteiger partial charge < -0.3 is 0 Å². The zero-order valence-electron chi connectivity index (χ0n) is 11.5. The van der Waals surface area contributed by atoms with Gasteiger partial charge in [0.25, 0.3) is 0 Å². The summed E-state index contributed by atoms with van der Waals surface area (Å²) in [6, 6.07) is 2.96. The van der Waals surface area contributed by atoms with Crippen LogP contribution in [-0.4, -0.2) is 0 Å². The van der Waals surface area contributed by atoms with Crippen molar-refractivity contribution in [3.05, 3.63) is 34.9 Å². The molecular formula is C15H22F2N2. The smallest absolute Gasteiger partial charge is 0.163 e. The third-order valence-corrected chi connectivity index (χ3v) is 4.35. The molecule has 3 N–H and O–H groups in total. The minimum atomic E-state index is -0.762. The van der Waals surface area contributed by atoms with Gasteiger partial charge in [-0.25, -0.2) is 8.78 Å². The number of benzene rings is 1. The maximum Gasteiger partial charge on any atom is 0.163 e. The highest BCUT2D eigenvalue weighted by atomic mass is 19.2. The van der Waals surface area contributed by atoms with E-state index < -0.39 is 11.6 Å². The Labute approximate surface area is 113 Å². The molecule has 1 aromatic rings. The molecule has 1 unspecified atom stereocenters. The van der Waals surface area contributed by atoms with Crippen molar-refractivity contribution in [1.82, 2.24) is 5.43 Å². The summed E-state index contributed by atoms with van der Waals surface area (Å²) in [4.78, 5) is 0. The predicted molar refractivity (Wildman–Crippen MR) is 72.3 cm³/mol. The van der Waals surface area contributed by atoms with Gasteiger partial charge in [-0.3, -0.25) is 11.3 Å². The first kappa shape index (κ1) is 14.4. The highest BCUT2D eigenvalue weighted by Crippen LogP contribution is 2.37. The summed E-state index contributed by atoms with van der Waals surface area (Å²) < 4.78 is 27.7. The van der Waals surface area contributed by atoms with Crippen LogP contribution in [0.3, 0.4) is 0 Å². The molecule has 4 heteroatoms. The number of aryl methyl sites for hydroxylation is 1. The Morgan fingerprint density at radius 1 is 1.16 bits per heavy atom. The molecule has 1 aromatic carbocycles. The molecule has 1 saturated carbocycles. The van der Waals surface area contributed by atoms with E-state index in [9.17, 15) is 8.78 Å². The highest BCUT2D eigenvalue weighted by Gasteiger charge is 2.29. The average molecular weight is 268 g/mol. The molecule has 0 spiro atoms. The van der Waals surface area contributed by atoms with Crippen molar-refractivity contribution in [3.63, 3.8) is 0 Å². The van der Waals surface area contributed by atoms with E-state index in [2.05, 4.69) is 12.3 Å². The molecular weight excluding hydrogens is 246 g/mol. The first-order valence-electron chi connectivity index (χ1n) is 6.95. The maximum atomic E-state index is 14.1. The van der Waals surface area contributed by atoms with Gasteiger partial charge in [0.2, 0.25) is 0 Å². The van der Waals surface area contributed by atoms with E-state index in [0.717, 1.165) is 25.7 Å². The molecule has 2 rings (SSSR count). The van der Waals surface area contributed by atoms with Crippen LogP contribution in [0.4, 0.5) is 8.78 Å². The summed E-state index contributed by atoms with van der Waals surface area (Å²) in [5.41, 5.74) is 3.36. The van der Waals surface area contributed by atoms with E-state index >= 15 is 0 Å². The van der Waals surface area contributed by atoms with Gasteiger partial charge in [-0.05, 0) is 37.2 Å². The van der Waals surface area contributed by atoms with Crippen LogP contribution in [0.1, 0.15) is 49.8 Å². The van der Waals surface area contributed by atoms with Crippen molar-refractivity contribution in [1.29, 1.82) is 0 Å². The van der Waals surface area contributed by atoms with Crippen LogP contribution in [0.15, 0.2) is 12.1 Å². The number of rotatable bonds is 3. The molecule has 106 valence electrons. The normalized spacial score (nSPS) is 25.3. The molecule has 1 fully saturated rings. The van der Waals surface area contributed by atoms with Crippen molar-refractivity contribution in [3.8, 4) is 0 Å². The lowest BCUT2D eigenvalue weighted by atomic mass is 9.77. The molecule has 1 atom stereocenters. The number of nitrogens with two attached hydrogens (primary N) is 1.